The van der Waals surface area contributed by atoms with Crippen LogP contribution in [0, 0.1) is 17.0 Å². The van der Waals surface area contributed by atoms with Crippen molar-refractivity contribution in [3.8, 4) is 5.75 Å². The fourth-order valence-corrected chi connectivity index (χ4v) is 5.68. The Hall–Kier alpha value is -4.64. The fourth-order valence-electron chi connectivity index (χ4n) is 4.32. The summed E-state index contributed by atoms with van der Waals surface area (Å²) in [5.41, 5.74) is 1.62. The van der Waals surface area contributed by atoms with E-state index in [0.717, 1.165) is 11.1 Å². The first-order chi connectivity index (χ1) is 19.3. The van der Waals surface area contributed by atoms with Crippen LogP contribution in [0.15, 0.2) is 90.6 Å². The smallest absolute Gasteiger partial charge is 0.340 e. The van der Waals surface area contributed by atoms with Crippen LogP contribution in [0.3, 0.4) is 0 Å². The maximum atomic E-state index is 13.2. The van der Waals surface area contributed by atoms with E-state index in [-0.39, 0.29) is 36.1 Å². The van der Waals surface area contributed by atoms with Gasteiger partial charge in [0.25, 0.3) is 11.6 Å². The van der Waals surface area contributed by atoms with Crippen molar-refractivity contribution in [1.29, 1.82) is 0 Å². The van der Waals surface area contributed by atoms with E-state index in [1.807, 2.05) is 55.5 Å². The Labute approximate surface area is 234 Å². The van der Waals surface area contributed by atoms with Gasteiger partial charge in [-0.25, -0.2) is 4.79 Å². The van der Waals surface area contributed by atoms with Crippen LogP contribution in [0.1, 0.15) is 16.7 Å². The number of hydrogen-bond acceptors (Lipinski definition) is 8. The van der Waals surface area contributed by atoms with E-state index in [1.54, 1.807) is 6.07 Å². The maximum absolute atomic E-state index is 13.2. The second-order valence-corrected chi connectivity index (χ2v) is 10.5. The molecule has 0 spiro atoms. The zero-order valence-electron chi connectivity index (χ0n) is 21.4. The van der Waals surface area contributed by atoms with E-state index >= 15 is 0 Å². The van der Waals surface area contributed by atoms with Gasteiger partial charge in [-0.15, -0.1) is 0 Å². The number of aryl methyl sites for hydroxylation is 1. The normalized spacial score (nSPS) is 19.5. The third-order valence-corrected chi connectivity index (χ3v) is 7.76. The van der Waals surface area contributed by atoms with E-state index < -0.39 is 27.7 Å². The highest BCUT2D eigenvalue weighted by atomic mass is 32.2. The highest BCUT2D eigenvalue weighted by Gasteiger charge is 2.53. The fraction of sp³-hybridized carbons (Fsp3) is 0.207. The molecule has 0 radical (unpaired) electrons. The van der Waals surface area contributed by atoms with Crippen LogP contribution in [-0.2, 0) is 32.1 Å². The Morgan fingerprint density at radius 2 is 1.77 bits per heavy atom. The summed E-state index contributed by atoms with van der Waals surface area (Å²) in [6.07, 6.45) is 1.56. The lowest BCUT2D eigenvalue weighted by Gasteiger charge is -2.48. The number of benzene rings is 3. The van der Waals surface area contributed by atoms with E-state index in [2.05, 4.69) is 5.32 Å². The number of nitro benzene ring substituents is 1. The highest BCUT2D eigenvalue weighted by molar-refractivity contribution is 8.00. The number of carbonyl (C=O) groups excluding carboxylic acids is 3. The first kappa shape index (κ1) is 26.9. The van der Waals surface area contributed by atoms with Crippen LogP contribution >= 0.6 is 11.8 Å². The Balaban J connectivity index is 1.31. The number of ether oxygens (including phenoxy) is 2. The molecule has 10 nitrogen and oxygen atoms in total. The molecule has 2 amide bonds. The van der Waals surface area contributed by atoms with Gasteiger partial charge in [0.15, 0.2) is 5.44 Å². The van der Waals surface area contributed by atoms with E-state index in [9.17, 15) is 24.5 Å². The van der Waals surface area contributed by atoms with Gasteiger partial charge in [-0.1, -0.05) is 54.2 Å². The highest BCUT2D eigenvalue weighted by Crippen LogP contribution is 2.42. The monoisotopic (exact) mass is 559 g/mol. The molecule has 1 fully saturated rings. The first-order valence-corrected chi connectivity index (χ1v) is 13.4. The molecule has 3 aromatic carbocycles. The molecule has 40 heavy (non-hydrogen) atoms. The van der Waals surface area contributed by atoms with Crippen molar-refractivity contribution in [2.75, 3.05) is 0 Å². The Morgan fingerprint density at radius 1 is 1.02 bits per heavy atom. The van der Waals surface area contributed by atoms with Crippen molar-refractivity contribution in [3.05, 3.63) is 117 Å². The number of carbonyl (C=O) groups is 3. The second kappa shape index (κ2) is 11.6. The van der Waals surface area contributed by atoms with Crippen LogP contribution in [0.2, 0.25) is 0 Å². The topological polar surface area (TPSA) is 128 Å². The molecule has 0 aliphatic carbocycles. The average molecular weight is 560 g/mol. The third-order valence-electron chi connectivity index (χ3n) is 6.38. The summed E-state index contributed by atoms with van der Waals surface area (Å²) in [6, 6.07) is 21.5. The van der Waals surface area contributed by atoms with Gasteiger partial charge in [-0.3, -0.25) is 19.7 Å². The number of non-ortho nitro benzene ring substituents is 1. The molecule has 3 aromatic rings. The summed E-state index contributed by atoms with van der Waals surface area (Å²) >= 11 is 1.23. The SMILES string of the molecule is Cc1cccc(OC2S[C@@H]3C(NC(=O)Cc4ccccc4)C(=O)N3C=C2C(=O)OCc2ccc([N+](=O)[O-])cc2)c1. The predicted octanol–water partition coefficient (Wildman–Crippen LogP) is 3.88. The molecule has 3 atom stereocenters. The summed E-state index contributed by atoms with van der Waals surface area (Å²) in [7, 11) is 0. The summed E-state index contributed by atoms with van der Waals surface area (Å²) in [5.74, 6) is -0.770. The summed E-state index contributed by atoms with van der Waals surface area (Å²) < 4.78 is 11.7. The summed E-state index contributed by atoms with van der Waals surface area (Å²) in [4.78, 5) is 50.5. The van der Waals surface area contributed by atoms with Crippen LogP contribution in [0.25, 0.3) is 0 Å². The van der Waals surface area contributed by atoms with Gasteiger partial charge < -0.3 is 19.7 Å². The zero-order valence-corrected chi connectivity index (χ0v) is 22.2. The minimum atomic E-state index is -0.811. The third kappa shape index (κ3) is 5.99. The lowest BCUT2D eigenvalue weighted by atomic mass is 10.1. The molecular formula is C29H25N3O7S. The number of nitro groups is 1. The van der Waals surface area contributed by atoms with Crippen molar-refractivity contribution >= 4 is 35.2 Å². The first-order valence-electron chi connectivity index (χ1n) is 12.4. The van der Waals surface area contributed by atoms with Crippen LogP contribution in [0.5, 0.6) is 5.75 Å². The van der Waals surface area contributed by atoms with Gasteiger partial charge in [0.1, 0.15) is 29.3 Å². The number of nitrogens with one attached hydrogen (secondary N) is 1. The standard InChI is InChI=1S/C29H25N3O7S/c1-18-6-5-9-22(14-18)39-29-23(28(35)38-17-20-10-12-21(13-11-20)32(36)37)16-31-26(34)25(27(31)40-29)30-24(33)15-19-7-3-2-4-8-19/h2-14,16,25,27,29H,15,17H2,1H3,(H,30,33)/t25?,27-,29?/m1/s1. The minimum Gasteiger partial charge on any atom is -0.475 e. The maximum Gasteiger partial charge on any atom is 0.340 e. The van der Waals surface area contributed by atoms with Crippen molar-refractivity contribution in [2.45, 2.75) is 36.8 Å². The van der Waals surface area contributed by atoms with Gasteiger partial charge in [0.2, 0.25) is 5.91 Å². The second-order valence-electron chi connectivity index (χ2n) is 9.33. The van der Waals surface area contributed by atoms with Crippen LogP contribution in [-0.4, -0.2) is 44.5 Å². The zero-order chi connectivity index (χ0) is 28.2. The number of nitrogens with zero attached hydrogens (tertiary/aromatic N) is 2. The molecule has 0 bridgehead atoms. The lowest BCUT2D eigenvalue weighted by Crippen LogP contribution is -2.69. The molecule has 1 saturated heterocycles. The molecule has 2 unspecified atom stereocenters. The van der Waals surface area contributed by atoms with Gasteiger partial charge in [-0.05, 0) is 47.9 Å². The number of amides is 2. The average Bonchev–Trinajstić information content (AvgIpc) is 2.95. The lowest BCUT2D eigenvalue weighted by molar-refractivity contribution is -0.384. The van der Waals surface area contributed by atoms with Crippen molar-refractivity contribution in [1.82, 2.24) is 10.2 Å². The number of esters is 1. The Kier molecular flexibility index (Phi) is 7.83. The van der Waals surface area contributed by atoms with Crippen molar-refractivity contribution < 1.29 is 28.8 Å². The molecule has 204 valence electrons. The number of β-lactam (4-membered cyclic amide) rings is 1. The van der Waals surface area contributed by atoms with Gasteiger partial charge >= 0.3 is 5.97 Å². The number of thioether (sulfide) groups is 1. The predicted molar refractivity (Wildman–Crippen MR) is 147 cm³/mol. The van der Waals surface area contributed by atoms with Gasteiger partial charge in [0.05, 0.1) is 11.3 Å². The van der Waals surface area contributed by atoms with Gasteiger partial charge in [0, 0.05) is 18.3 Å². The molecule has 11 heteroatoms. The summed E-state index contributed by atoms with van der Waals surface area (Å²) in [5, 5.41) is 13.2. The molecule has 0 aromatic heterocycles. The number of fused-ring (bicyclic) bond motifs is 1. The van der Waals surface area contributed by atoms with Crippen LogP contribution in [0.4, 0.5) is 5.69 Å². The largest absolute Gasteiger partial charge is 0.475 e. The summed E-state index contributed by atoms with van der Waals surface area (Å²) in [6.45, 7) is 1.80. The quantitative estimate of drug-likeness (QED) is 0.181. The molecule has 0 saturated carbocycles. The van der Waals surface area contributed by atoms with E-state index in [0.29, 0.717) is 11.3 Å². The minimum absolute atomic E-state index is 0.0687. The molecule has 5 rings (SSSR count). The molecular weight excluding hydrogens is 534 g/mol. The van der Waals surface area contributed by atoms with Crippen molar-refractivity contribution in [3.63, 3.8) is 0 Å². The number of hydrogen-bond donors (Lipinski definition) is 1. The molecule has 2 aliphatic heterocycles. The Morgan fingerprint density at radius 3 is 2.48 bits per heavy atom. The van der Waals surface area contributed by atoms with E-state index in [4.69, 9.17) is 9.47 Å². The molecule has 1 N–H and O–H groups in total. The van der Waals surface area contributed by atoms with Gasteiger partial charge in [-0.2, -0.15) is 0 Å². The van der Waals surface area contributed by atoms with E-state index in [1.165, 1.54) is 47.1 Å². The molecule has 2 heterocycles. The molecule has 2 aliphatic rings. The van der Waals surface area contributed by atoms with Crippen LogP contribution < -0.4 is 10.1 Å². The number of rotatable bonds is 9. The Bertz CT molecular complexity index is 1480. The van der Waals surface area contributed by atoms with Crippen molar-refractivity contribution in [2.24, 2.45) is 0 Å².